The first-order valence-electron chi connectivity index (χ1n) is 8.37. The van der Waals surface area contributed by atoms with Gasteiger partial charge in [-0.1, -0.05) is 29.8 Å². The average molecular weight is 354 g/mol. The summed E-state index contributed by atoms with van der Waals surface area (Å²) in [5.41, 5.74) is 3.03. The van der Waals surface area contributed by atoms with Crippen molar-refractivity contribution in [3.8, 4) is 0 Å². The molecule has 2 amide bonds. The van der Waals surface area contributed by atoms with Gasteiger partial charge >= 0.3 is 5.97 Å². The molecule has 0 unspecified atom stereocenters. The first-order valence-corrected chi connectivity index (χ1v) is 8.37. The van der Waals surface area contributed by atoms with Gasteiger partial charge in [0.05, 0.1) is 12.2 Å². The number of carbonyl (C=O) groups excluding carboxylic acids is 3. The molecule has 0 radical (unpaired) electrons. The third kappa shape index (κ3) is 6.05. The zero-order valence-electron chi connectivity index (χ0n) is 14.9. The number of amides is 2. The Morgan fingerprint density at radius 2 is 1.58 bits per heavy atom. The Balaban J connectivity index is 1.79. The summed E-state index contributed by atoms with van der Waals surface area (Å²) in [5, 5.41) is 5.34. The molecule has 0 heterocycles. The number of hydrogen-bond acceptors (Lipinski definition) is 4. The van der Waals surface area contributed by atoms with Crippen LogP contribution in [0.15, 0.2) is 48.5 Å². The normalized spacial score (nSPS) is 10.1. The number of benzene rings is 2. The number of nitrogens with one attached hydrogen (secondary N) is 2. The van der Waals surface area contributed by atoms with E-state index in [-0.39, 0.29) is 12.3 Å². The van der Waals surface area contributed by atoms with Crippen LogP contribution in [-0.4, -0.2) is 24.4 Å². The van der Waals surface area contributed by atoms with Gasteiger partial charge in [0, 0.05) is 12.2 Å². The van der Waals surface area contributed by atoms with Crippen molar-refractivity contribution in [2.24, 2.45) is 0 Å². The Hall–Kier alpha value is -3.15. The van der Waals surface area contributed by atoms with Crippen LogP contribution in [-0.2, 0) is 20.9 Å². The van der Waals surface area contributed by atoms with E-state index in [0.717, 1.165) is 11.1 Å². The van der Waals surface area contributed by atoms with Crippen molar-refractivity contribution in [2.45, 2.75) is 26.8 Å². The molecule has 136 valence electrons. The van der Waals surface area contributed by atoms with Gasteiger partial charge in [-0.25, -0.2) is 4.79 Å². The van der Waals surface area contributed by atoms with Crippen molar-refractivity contribution in [3.63, 3.8) is 0 Å². The van der Waals surface area contributed by atoms with Crippen LogP contribution < -0.4 is 10.6 Å². The first kappa shape index (κ1) is 19.2. The number of carbonyl (C=O) groups is 3. The van der Waals surface area contributed by atoms with Crippen LogP contribution in [0.5, 0.6) is 0 Å². The van der Waals surface area contributed by atoms with E-state index >= 15 is 0 Å². The van der Waals surface area contributed by atoms with Gasteiger partial charge in [-0.2, -0.15) is 0 Å². The summed E-state index contributed by atoms with van der Waals surface area (Å²) < 4.78 is 4.89. The van der Waals surface area contributed by atoms with Crippen LogP contribution in [0.4, 0.5) is 5.69 Å². The molecule has 0 fully saturated rings. The van der Waals surface area contributed by atoms with Gasteiger partial charge < -0.3 is 15.4 Å². The van der Waals surface area contributed by atoms with Gasteiger partial charge in [0.25, 0.3) is 0 Å². The molecular weight excluding hydrogens is 332 g/mol. The first-order chi connectivity index (χ1) is 12.5. The standard InChI is InChI=1S/C20H22N2O4/c1-3-26-20(25)16-8-10-17(11-9-16)22-19(24)12-18(23)21-13-15-6-4-14(2)5-7-15/h4-11H,3,12-13H2,1-2H3,(H,21,23)(H,22,24). The number of hydrogen-bond donors (Lipinski definition) is 2. The van der Waals surface area contributed by atoms with E-state index in [9.17, 15) is 14.4 Å². The average Bonchev–Trinajstić information content (AvgIpc) is 2.62. The maximum atomic E-state index is 11.9. The molecule has 2 aromatic carbocycles. The number of esters is 1. The van der Waals surface area contributed by atoms with Crippen molar-refractivity contribution >= 4 is 23.5 Å². The fourth-order valence-electron chi connectivity index (χ4n) is 2.22. The van der Waals surface area contributed by atoms with Gasteiger partial charge in [0.1, 0.15) is 6.42 Å². The molecule has 6 heteroatoms. The van der Waals surface area contributed by atoms with Crippen molar-refractivity contribution in [1.29, 1.82) is 0 Å². The predicted molar refractivity (Wildman–Crippen MR) is 98.7 cm³/mol. The third-order valence-electron chi connectivity index (χ3n) is 3.61. The SMILES string of the molecule is CCOC(=O)c1ccc(NC(=O)CC(=O)NCc2ccc(C)cc2)cc1. The van der Waals surface area contributed by atoms with Crippen LogP contribution in [0, 0.1) is 6.92 Å². The molecule has 0 aliphatic rings. The monoisotopic (exact) mass is 354 g/mol. The van der Waals surface area contributed by atoms with E-state index < -0.39 is 11.9 Å². The minimum atomic E-state index is -0.421. The van der Waals surface area contributed by atoms with Gasteiger partial charge in [0.2, 0.25) is 11.8 Å². The lowest BCUT2D eigenvalue weighted by atomic mass is 10.1. The minimum absolute atomic E-state index is 0.272. The second-order valence-electron chi connectivity index (χ2n) is 5.79. The lowest BCUT2D eigenvalue weighted by Crippen LogP contribution is -2.27. The molecule has 0 aliphatic heterocycles. The van der Waals surface area contributed by atoms with Gasteiger partial charge in [-0.05, 0) is 43.7 Å². The second-order valence-corrected chi connectivity index (χ2v) is 5.79. The fourth-order valence-corrected chi connectivity index (χ4v) is 2.22. The molecule has 0 aliphatic carbocycles. The van der Waals surface area contributed by atoms with Crippen LogP contribution in [0.1, 0.15) is 34.8 Å². The van der Waals surface area contributed by atoms with Crippen LogP contribution >= 0.6 is 0 Å². The molecule has 0 atom stereocenters. The lowest BCUT2D eigenvalue weighted by molar-refractivity contribution is -0.126. The highest BCUT2D eigenvalue weighted by molar-refractivity contribution is 6.03. The molecule has 26 heavy (non-hydrogen) atoms. The highest BCUT2D eigenvalue weighted by atomic mass is 16.5. The Kier molecular flexibility index (Phi) is 6.91. The quantitative estimate of drug-likeness (QED) is 0.591. The summed E-state index contributed by atoms with van der Waals surface area (Å²) >= 11 is 0. The maximum absolute atomic E-state index is 11.9. The van der Waals surface area contributed by atoms with Crippen LogP contribution in [0.2, 0.25) is 0 Å². The molecule has 0 bridgehead atoms. The van der Waals surface area contributed by atoms with Crippen LogP contribution in [0.25, 0.3) is 0 Å². The third-order valence-corrected chi connectivity index (χ3v) is 3.61. The summed E-state index contributed by atoms with van der Waals surface area (Å²) in [6.07, 6.45) is -0.272. The zero-order valence-corrected chi connectivity index (χ0v) is 14.9. The van der Waals surface area contributed by atoms with Crippen molar-refractivity contribution in [3.05, 3.63) is 65.2 Å². The fraction of sp³-hybridized carbons (Fsp3) is 0.250. The number of anilines is 1. The Morgan fingerprint density at radius 3 is 2.19 bits per heavy atom. The smallest absolute Gasteiger partial charge is 0.338 e. The Bertz CT molecular complexity index is 767. The molecular formula is C20H22N2O4. The molecule has 2 rings (SSSR count). The topological polar surface area (TPSA) is 84.5 Å². The van der Waals surface area contributed by atoms with E-state index in [2.05, 4.69) is 10.6 Å². The van der Waals surface area contributed by atoms with Crippen LogP contribution in [0.3, 0.4) is 0 Å². The predicted octanol–water partition coefficient (Wildman–Crippen LogP) is 2.82. The molecule has 0 aromatic heterocycles. The lowest BCUT2D eigenvalue weighted by Gasteiger charge is -2.08. The summed E-state index contributed by atoms with van der Waals surface area (Å²) in [4.78, 5) is 35.4. The largest absolute Gasteiger partial charge is 0.462 e. The molecule has 2 aromatic rings. The van der Waals surface area contributed by atoms with Crippen molar-refractivity contribution in [2.75, 3.05) is 11.9 Å². The minimum Gasteiger partial charge on any atom is -0.462 e. The van der Waals surface area contributed by atoms with E-state index in [1.165, 1.54) is 0 Å². The molecule has 6 nitrogen and oxygen atoms in total. The van der Waals surface area contributed by atoms with Gasteiger partial charge in [-0.3, -0.25) is 9.59 Å². The van der Waals surface area contributed by atoms with E-state index in [1.54, 1.807) is 31.2 Å². The molecule has 0 saturated carbocycles. The van der Waals surface area contributed by atoms with Gasteiger partial charge in [0.15, 0.2) is 0 Å². The highest BCUT2D eigenvalue weighted by Gasteiger charge is 2.11. The van der Waals surface area contributed by atoms with E-state index in [0.29, 0.717) is 24.4 Å². The number of ether oxygens (including phenoxy) is 1. The summed E-state index contributed by atoms with van der Waals surface area (Å²) in [6.45, 7) is 4.40. The number of rotatable bonds is 7. The molecule has 0 spiro atoms. The van der Waals surface area contributed by atoms with Gasteiger partial charge in [-0.15, -0.1) is 0 Å². The zero-order chi connectivity index (χ0) is 18.9. The van der Waals surface area contributed by atoms with Crippen molar-refractivity contribution < 1.29 is 19.1 Å². The second kappa shape index (κ2) is 9.36. The van der Waals surface area contributed by atoms with Crippen molar-refractivity contribution in [1.82, 2.24) is 5.32 Å². The summed E-state index contributed by atoms with van der Waals surface area (Å²) in [6, 6.07) is 14.1. The number of aryl methyl sites for hydroxylation is 1. The van der Waals surface area contributed by atoms with E-state index in [4.69, 9.17) is 4.74 Å². The summed E-state index contributed by atoms with van der Waals surface area (Å²) in [5.74, 6) is -1.19. The summed E-state index contributed by atoms with van der Waals surface area (Å²) in [7, 11) is 0. The Morgan fingerprint density at radius 1 is 0.923 bits per heavy atom. The van der Waals surface area contributed by atoms with E-state index in [1.807, 2.05) is 31.2 Å². The highest BCUT2D eigenvalue weighted by Crippen LogP contribution is 2.11. The molecule has 0 saturated heterocycles. The maximum Gasteiger partial charge on any atom is 0.338 e. The molecule has 2 N–H and O–H groups in total. The Labute approximate surface area is 152 Å².